The summed E-state index contributed by atoms with van der Waals surface area (Å²) in [5.41, 5.74) is 6.56. The Balaban J connectivity index is 1.64. The topological polar surface area (TPSA) is 17.1 Å². The van der Waals surface area contributed by atoms with Crippen molar-refractivity contribution in [2.24, 2.45) is 0 Å². The van der Waals surface area contributed by atoms with E-state index in [4.69, 9.17) is 0 Å². The monoisotopic (exact) mass is 442 g/mol. The zero-order chi connectivity index (χ0) is 22.8. The van der Waals surface area contributed by atoms with Gasteiger partial charge in [0, 0.05) is 16.5 Å². The van der Waals surface area contributed by atoms with Gasteiger partial charge in [-0.25, -0.2) is 0 Å². The van der Waals surface area contributed by atoms with Crippen LogP contribution >= 0.6 is 0 Å². The summed E-state index contributed by atoms with van der Waals surface area (Å²) in [7, 11) is 0. The highest BCUT2D eigenvalue weighted by Gasteiger charge is 2.28. The second-order valence-electron chi connectivity index (χ2n) is 9.91. The van der Waals surface area contributed by atoms with Crippen molar-refractivity contribution in [2.75, 3.05) is 0 Å². The van der Waals surface area contributed by atoms with Gasteiger partial charge in [0.1, 0.15) is 0 Å². The maximum Gasteiger partial charge on any atom is 0.194 e. The van der Waals surface area contributed by atoms with Gasteiger partial charge in [-0.15, -0.1) is 0 Å². The average Bonchev–Trinajstić information content (AvgIpc) is 2.92. The fraction of sp³-hybridized carbons (Fsp3) is 0.0294. The summed E-state index contributed by atoms with van der Waals surface area (Å²) in [5, 5.41) is 12.7. The molecular weight excluding hydrogens is 424 g/mol. The minimum absolute atomic E-state index is 0.128. The van der Waals surface area contributed by atoms with Crippen LogP contribution < -0.4 is 0 Å². The second kappa shape index (κ2) is 5.95. The summed E-state index contributed by atoms with van der Waals surface area (Å²) in [6.45, 7) is 0. The number of allylic oxidation sites excluding steroid dienone is 1. The van der Waals surface area contributed by atoms with Crippen molar-refractivity contribution in [3.05, 3.63) is 113 Å². The molecule has 0 aromatic heterocycles. The normalized spacial score (nSPS) is 14.1. The van der Waals surface area contributed by atoms with Gasteiger partial charge in [-0.05, 0) is 83.2 Å². The largest absolute Gasteiger partial charge is 0.289 e. The van der Waals surface area contributed by atoms with E-state index in [0.717, 1.165) is 34.1 Å². The van der Waals surface area contributed by atoms with Gasteiger partial charge in [-0.3, -0.25) is 4.79 Å². The molecule has 0 spiro atoms. The van der Waals surface area contributed by atoms with Crippen molar-refractivity contribution in [1.29, 1.82) is 0 Å². The van der Waals surface area contributed by atoms with E-state index in [9.17, 15) is 4.79 Å². The number of rotatable bonds is 0. The third-order valence-corrected chi connectivity index (χ3v) is 8.35. The van der Waals surface area contributed by atoms with Crippen LogP contribution in [0.3, 0.4) is 0 Å². The number of hydrogen-bond acceptors (Lipinski definition) is 1. The summed E-state index contributed by atoms with van der Waals surface area (Å²) < 4.78 is 0. The summed E-state index contributed by atoms with van der Waals surface area (Å²) in [6, 6.07) is 30.3. The lowest BCUT2D eigenvalue weighted by molar-refractivity contribution is 0.104. The summed E-state index contributed by atoms with van der Waals surface area (Å²) >= 11 is 0. The molecule has 7 aromatic rings. The van der Waals surface area contributed by atoms with Crippen molar-refractivity contribution in [1.82, 2.24) is 0 Å². The van der Waals surface area contributed by atoms with Crippen LogP contribution in [0.4, 0.5) is 0 Å². The van der Waals surface area contributed by atoms with E-state index in [1.54, 1.807) is 0 Å². The highest BCUT2D eigenvalue weighted by Crippen LogP contribution is 2.50. The number of carbonyl (C=O) groups excluding carboxylic acids is 1. The lowest BCUT2D eigenvalue weighted by Crippen LogP contribution is -2.10. The van der Waals surface area contributed by atoms with Crippen LogP contribution in [0.5, 0.6) is 0 Å². The van der Waals surface area contributed by atoms with Gasteiger partial charge in [0.2, 0.25) is 0 Å². The van der Waals surface area contributed by atoms with Gasteiger partial charge in [0.25, 0.3) is 0 Å². The molecule has 0 saturated carbocycles. The van der Waals surface area contributed by atoms with E-state index in [0.29, 0.717) is 0 Å². The van der Waals surface area contributed by atoms with Crippen molar-refractivity contribution < 1.29 is 4.79 Å². The first kappa shape index (κ1) is 17.9. The molecule has 0 fully saturated rings. The second-order valence-corrected chi connectivity index (χ2v) is 9.91. The summed E-state index contributed by atoms with van der Waals surface area (Å²) in [6.07, 6.45) is 5.56. The zero-order valence-corrected chi connectivity index (χ0v) is 18.9. The molecule has 160 valence electrons. The number of hydrogen-bond donors (Lipinski definition) is 0. The van der Waals surface area contributed by atoms with E-state index in [-0.39, 0.29) is 5.78 Å². The summed E-state index contributed by atoms with van der Waals surface area (Å²) in [5.74, 6) is 0.128. The highest BCUT2D eigenvalue weighted by molar-refractivity contribution is 6.42. The van der Waals surface area contributed by atoms with E-state index in [1.165, 1.54) is 59.6 Å². The van der Waals surface area contributed by atoms with Crippen LogP contribution in [-0.2, 0) is 6.42 Å². The lowest BCUT2D eigenvalue weighted by Gasteiger charge is -2.25. The zero-order valence-electron chi connectivity index (χ0n) is 18.9. The molecule has 0 N–H and O–H groups in total. The third-order valence-electron chi connectivity index (χ3n) is 8.35. The van der Waals surface area contributed by atoms with Gasteiger partial charge >= 0.3 is 0 Å². The molecule has 0 saturated heterocycles. The molecule has 0 aliphatic heterocycles. The molecule has 1 nitrogen and oxygen atoms in total. The van der Waals surface area contributed by atoms with Crippen LogP contribution in [0.2, 0.25) is 0 Å². The standard InChI is InChI=1S/C34H18O/c35-34-26-10-4-2-8-20(26)23-14-16-27-30-24(15-17-28(34)32(23)30)25-13-12-18-6-5-11-21-19-7-1-3-9-22(19)31(27)33(25)29(18)21/h1-5,7-17H,6H2. The average molecular weight is 443 g/mol. The van der Waals surface area contributed by atoms with Gasteiger partial charge in [0.05, 0.1) is 0 Å². The molecule has 35 heavy (non-hydrogen) atoms. The molecule has 0 amide bonds. The smallest absolute Gasteiger partial charge is 0.194 e. The fourth-order valence-corrected chi connectivity index (χ4v) is 6.97. The molecule has 7 aromatic carbocycles. The quantitative estimate of drug-likeness (QED) is 0.170. The Morgan fingerprint density at radius 2 is 1.11 bits per heavy atom. The number of ketones is 1. The number of fused-ring (bicyclic) bond motifs is 7. The van der Waals surface area contributed by atoms with Crippen molar-refractivity contribution in [3.63, 3.8) is 0 Å². The molecular formula is C34H18O. The summed E-state index contributed by atoms with van der Waals surface area (Å²) in [4.78, 5) is 13.6. The van der Waals surface area contributed by atoms with Crippen LogP contribution in [0.1, 0.15) is 27.0 Å². The Morgan fingerprint density at radius 1 is 0.457 bits per heavy atom. The lowest BCUT2D eigenvalue weighted by atomic mass is 9.77. The molecule has 0 heterocycles. The number of carbonyl (C=O) groups is 1. The molecule has 0 atom stereocenters. The third kappa shape index (κ3) is 1.97. The minimum Gasteiger partial charge on any atom is -0.289 e. The Morgan fingerprint density at radius 3 is 2.03 bits per heavy atom. The Kier molecular flexibility index (Phi) is 3.04. The predicted molar refractivity (Wildman–Crippen MR) is 147 cm³/mol. The highest BCUT2D eigenvalue weighted by atomic mass is 16.1. The predicted octanol–water partition coefficient (Wildman–Crippen LogP) is 8.67. The van der Waals surface area contributed by atoms with Crippen molar-refractivity contribution in [3.8, 4) is 11.1 Å². The first-order valence-corrected chi connectivity index (χ1v) is 12.2. The van der Waals surface area contributed by atoms with Crippen molar-refractivity contribution in [2.45, 2.75) is 6.42 Å². The molecule has 1 heteroatoms. The Bertz CT molecular complexity index is 2140. The Hall–Kier alpha value is -4.49. The maximum atomic E-state index is 13.6. The van der Waals surface area contributed by atoms with Crippen LogP contribution in [-0.4, -0.2) is 5.78 Å². The minimum atomic E-state index is 0.128. The number of benzene rings is 7. The molecule has 9 rings (SSSR count). The van der Waals surface area contributed by atoms with Gasteiger partial charge < -0.3 is 0 Å². The first-order chi connectivity index (χ1) is 17.3. The van der Waals surface area contributed by atoms with Crippen LogP contribution in [0.15, 0.2) is 91.0 Å². The van der Waals surface area contributed by atoms with E-state index < -0.39 is 0 Å². The molecule has 0 unspecified atom stereocenters. The molecule has 2 aliphatic carbocycles. The maximum absolute atomic E-state index is 13.6. The van der Waals surface area contributed by atoms with Crippen molar-refractivity contribution >= 4 is 65.7 Å². The molecule has 2 aliphatic rings. The van der Waals surface area contributed by atoms with E-state index in [1.807, 2.05) is 18.2 Å². The SMILES string of the molecule is O=C1c2ccccc2-c2ccc3c4c2c1ccc4c1ccc2c4c(c5ccccc5c3c41)C=CC2. The van der Waals surface area contributed by atoms with Crippen LogP contribution in [0.25, 0.3) is 71.1 Å². The van der Waals surface area contributed by atoms with E-state index >= 15 is 0 Å². The molecule has 0 radical (unpaired) electrons. The molecule has 0 bridgehead atoms. The van der Waals surface area contributed by atoms with Gasteiger partial charge in [-0.1, -0.05) is 91.0 Å². The first-order valence-electron chi connectivity index (χ1n) is 12.2. The van der Waals surface area contributed by atoms with Gasteiger partial charge in [0.15, 0.2) is 5.78 Å². The van der Waals surface area contributed by atoms with E-state index in [2.05, 4.69) is 78.9 Å². The Labute approximate surface area is 201 Å². The van der Waals surface area contributed by atoms with Crippen LogP contribution in [0, 0.1) is 0 Å². The van der Waals surface area contributed by atoms with Gasteiger partial charge in [-0.2, -0.15) is 0 Å². The fourth-order valence-electron chi connectivity index (χ4n) is 6.97.